The summed E-state index contributed by atoms with van der Waals surface area (Å²) in [7, 11) is 1.69. The standard InChI is InChI=1S/C16H21N3O2/c1-21-10-6-2-5-9-18-16(20)15-11-13(17)12-7-3-4-8-14(12)19-15/h3-4,7-8,11H,2,5-6,9-10H2,1H3,(H2,17,19)(H,18,20). The van der Waals surface area contributed by atoms with Crippen molar-refractivity contribution < 1.29 is 9.53 Å². The van der Waals surface area contributed by atoms with Crippen molar-refractivity contribution in [3.63, 3.8) is 0 Å². The SMILES string of the molecule is COCCCCCNC(=O)c1cc(N)c2ccccc2n1. The number of hydrogen-bond donors (Lipinski definition) is 2. The summed E-state index contributed by atoms with van der Waals surface area (Å²) in [6.45, 7) is 1.40. The molecule has 21 heavy (non-hydrogen) atoms. The second kappa shape index (κ2) is 7.59. The molecule has 5 heteroatoms. The predicted octanol–water partition coefficient (Wildman–Crippen LogP) is 2.36. The second-order valence-corrected chi connectivity index (χ2v) is 4.92. The molecule has 3 N–H and O–H groups in total. The van der Waals surface area contributed by atoms with E-state index in [4.69, 9.17) is 10.5 Å². The number of unbranched alkanes of at least 4 members (excludes halogenated alkanes) is 2. The number of anilines is 1. The van der Waals surface area contributed by atoms with Crippen LogP contribution >= 0.6 is 0 Å². The third-order valence-electron chi connectivity index (χ3n) is 3.29. The number of nitrogens with zero attached hydrogens (tertiary/aromatic N) is 1. The lowest BCUT2D eigenvalue weighted by molar-refractivity contribution is 0.0948. The predicted molar refractivity (Wildman–Crippen MR) is 84.2 cm³/mol. The van der Waals surface area contributed by atoms with E-state index in [1.807, 2.05) is 24.3 Å². The van der Waals surface area contributed by atoms with Crippen LogP contribution in [0.15, 0.2) is 30.3 Å². The maximum absolute atomic E-state index is 12.1. The van der Waals surface area contributed by atoms with Gasteiger partial charge in [0.2, 0.25) is 0 Å². The number of hydrogen-bond acceptors (Lipinski definition) is 4. The summed E-state index contributed by atoms with van der Waals surface area (Å²) in [5.41, 5.74) is 7.65. The van der Waals surface area contributed by atoms with Gasteiger partial charge in [-0.05, 0) is 31.4 Å². The molecule has 0 spiro atoms. The van der Waals surface area contributed by atoms with E-state index in [-0.39, 0.29) is 5.91 Å². The van der Waals surface area contributed by atoms with Crippen LogP contribution in [0.5, 0.6) is 0 Å². The number of fused-ring (bicyclic) bond motifs is 1. The maximum Gasteiger partial charge on any atom is 0.269 e. The van der Waals surface area contributed by atoms with Gasteiger partial charge in [-0.3, -0.25) is 4.79 Å². The molecule has 0 aliphatic heterocycles. The van der Waals surface area contributed by atoms with E-state index in [0.717, 1.165) is 36.8 Å². The Morgan fingerprint density at radius 3 is 2.90 bits per heavy atom. The molecule has 1 aromatic heterocycles. The van der Waals surface area contributed by atoms with Crippen molar-refractivity contribution in [1.82, 2.24) is 10.3 Å². The van der Waals surface area contributed by atoms with Gasteiger partial charge in [0.25, 0.3) is 5.91 Å². The molecule has 5 nitrogen and oxygen atoms in total. The van der Waals surface area contributed by atoms with Crippen LogP contribution in [0, 0.1) is 0 Å². The number of para-hydroxylation sites is 1. The summed E-state index contributed by atoms with van der Waals surface area (Å²) in [5.74, 6) is -0.181. The molecule has 0 radical (unpaired) electrons. The van der Waals surface area contributed by atoms with Crippen molar-refractivity contribution in [3.8, 4) is 0 Å². The lowest BCUT2D eigenvalue weighted by atomic mass is 10.1. The third-order valence-corrected chi connectivity index (χ3v) is 3.29. The summed E-state index contributed by atoms with van der Waals surface area (Å²) in [6, 6.07) is 9.16. The van der Waals surface area contributed by atoms with Crippen LogP contribution in [0.1, 0.15) is 29.8 Å². The molecule has 1 amide bonds. The van der Waals surface area contributed by atoms with Gasteiger partial charge in [-0.1, -0.05) is 18.2 Å². The molecule has 0 saturated heterocycles. The van der Waals surface area contributed by atoms with Gasteiger partial charge in [-0.25, -0.2) is 4.98 Å². The number of carbonyl (C=O) groups excluding carboxylic acids is 1. The number of carbonyl (C=O) groups is 1. The smallest absolute Gasteiger partial charge is 0.269 e. The number of nitrogens with two attached hydrogens (primary N) is 1. The van der Waals surface area contributed by atoms with Gasteiger partial charge < -0.3 is 15.8 Å². The molecule has 0 aliphatic carbocycles. The topological polar surface area (TPSA) is 77.2 Å². The van der Waals surface area contributed by atoms with E-state index in [1.165, 1.54) is 0 Å². The van der Waals surface area contributed by atoms with Crippen LogP contribution in [-0.4, -0.2) is 31.2 Å². The quantitative estimate of drug-likeness (QED) is 0.766. The summed E-state index contributed by atoms with van der Waals surface area (Å²) in [4.78, 5) is 16.4. The Bertz CT molecular complexity index is 613. The zero-order chi connectivity index (χ0) is 15.1. The highest BCUT2D eigenvalue weighted by atomic mass is 16.5. The Labute approximate surface area is 124 Å². The van der Waals surface area contributed by atoms with Gasteiger partial charge in [0.15, 0.2) is 0 Å². The highest BCUT2D eigenvalue weighted by molar-refractivity contribution is 5.99. The first-order valence-corrected chi connectivity index (χ1v) is 7.15. The number of ether oxygens (including phenoxy) is 1. The summed E-state index contributed by atoms with van der Waals surface area (Å²) in [6.07, 6.45) is 2.97. The zero-order valence-electron chi connectivity index (χ0n) is 12.3. The maximum atomic E-state index is 12.1. The van der Waals surface area contributed by atoms with E-state index < -0.39 is 0 Å². The number of aromatic nitrogens is 1. The minimum Gasteiger partial charge on any atom is -0.398 e. The molecular weight excluding hydrogens is 266 g/mol. The average Bonchev–Trinajstić information content (AvgIpc) is 2.50. The van der Waals surface area contributed by atoms with E-state index in [2.05, 4.69) is 10.3 Å². The first-order chi connectivity index (χ1) is 10.2. The number of rotatable bonds is 7. The minimum atomic E-state index is -0.181. The van der Waals surface area contributed by atoms with Crippen LogP contribution < -0.4 is 11.1 Å². The van der Waals surface area contributed by atoms with E-state index in [1.54, 1.807) is 13.2 Å². The number of pyridine rings is 1. The van der Waals surface area contributed by atoms with Gasteiger partial charge >= 0.3 is 0 Å². The molecular formula is C16H21N3O2. The lowest BCUT2D eigenvalue weighted by Gasteiger charge is -2.07. The van der Waals surface area contributed by atoms with Crippen LogP contribution in [0.25, 0.3) is 10.9 Å². The highest BCUT2D eigenvalue weighted by Gasteiger charge is 2.09. The molecule has 112 valence electrons. The average molecular weight is 287 g/mol. The minimum absolute atomic E-state index is 0.181. The fraction of sp³-hybridized carbons (Fsp3) is 0.375. The second-order valence-electron chi connectivity index (χ2n) is 4.92. The number of benzene rings is 1. The third kappa shape index (κ3) is 4.16. The molecule has 1 heterocycles. The van der Waals surface area contributed by atoms with Crippen LogP contribution in [0.2, 0.25) is 0 Å². The summed E-state index contributed by atoms with van der Waals surface area (Å²) < 4.78 is 4.98. The van der Waals surface area contributed by atoms with Gasteiger partial charge in [-0.15, -0.1) is 0 Å². The zero-order valence-corrected chi connectivity index (χ0v) is 12.3. The number of amides is 1. The number of methoxy groups -OCH3 is 1. The van der Waals surface area contributed by atoms with Crippen LogP contribution in [-0.2, 0) is 4.74 Å². The van der Waals surface area contributed by atoms with Crippen LogP contribution in [0.3, 0.4) is 0 Å². The van der Waals surface area contributed by atoms with Crippen LogP contribution in [0.4, 0.5) is 5.69 Å². The van der Waals surface area contributed by atoms with Gasteiger partial charge in [0.05, 0.1) is 5.52 Å². The number of nitrogens with one attached hydrogen (secondary N) is 1. The summed E-state index contributed by atoms with van der Waals surface area (Å²) in [5, 5.41) is 3.74. The molecule has 0 bridgehead atoms. The molecule has 0 saturated carbocycles. The fourth-order valence-corrected chi connectivity index (χ4v) is 2.16. The van der Waals surface area contributed by atoms with Gasteiger partial charge in [-0.2, -0.15) is 0 Å². The highest BCUT2D eigenvalue weighted by Crippen LogP contribution is 2.19. The van der Waals surface area contributed by atoms with E-state index in [0.29, 0.717) is 17.9 Å². The molecule has 0 unspecified atom stereocenters. The first kappa shape index (κ1) is 15.3. The molecule has 0 fully saturated rings. The van der Waals surface area contributed by atoms with Crippen molar-refractivity contribution in [2.24, 2.45) is 0 Å². The molecule has 0 atom stereocenters. The Balaban J connectivity index is 1.93. The van der Waals surface area contributed by atoms with Crippen molar-refractivity contribution >= 4 is 22.5 Å². The fourth-order valence-electron chi connectivity index (χ4n) is 2.16. The van der Waals surface area contributed by atoms with Crippen molar-refractivity contribution in [1.29, 1.82) is 0 Å². The lowest BCUT2D eigenvalue weighted by Crippen LogP contribution is -2.25. The Morgan fingerprint density at radius 1 is 1.29 bits per heavy atom. The Morgan fingerprint density at radius 2 is 2.10 bits per heavy atom. The Kier molecular flexibility index (Phi) is 5.51. The van der Waals surface area contributed by atoms with E-state index >= 15 is 0 Å². The van der Waals surface area contributed by atoms with Gasteiger partial charge in [0.1, 0.15) is 5.69 Å². The first-order valence-electron chi connectivity index (χ1n) is 7.15. The molecule has 2 aromatic rings. The van der Waals surface area contributed by atoms with Crippen molar-refractivity contribution in [2.45, 2.75) is 19.3 Å². The number of nitrogen functional groups attached to an aromatic ring is 1. The van der Waals surface area contributed by atoms with E-state index in [9.17, 15) is 4.79 Å². The van der Waals surface area contributed by atoms with Crippen molar-refractivity contribution in [2.75, 3.05) is 26.0 Å². The van der Waals surface area contributed by atoms with Gasteiger partial charge in [0, 0.05) is 31.3 Å². The molecule has 1 aromatic carbocycles. The molecule has 2 rings (SSSR count). The summed E-state index contributed by atoms with van der Waals surface area (Å²) >= 11 is 0. The normalized spacial score (nSPS) is 10.7. The molecule has 0 aliphatic rings. The Hall–Kier alpha value is -2.14. The van der Waals surface area contributed by atoms with Crippen molar-refractivity contribution in [3.05, 3.63) is 36.0 Å². The monoisotopic (exact) mass is 287 g/mol. The largest absolute Gasteiger partial charge is 0.398 e.